The molecule has 6 unspecified atom stereocenters. The van der Waals surface area contributed by atoms with Crippen molar-refractivity contribution in [3.8, 4) is 11.1 Å². The van der Waals surface area contributed by atoms with Crippen LogP contribution in [0.4, 0.5) is 0 Å². The smallest absolute Gasteiger partial charge is 0.0453 e. The largest absolute Gasteiger partial charge is 0.0840 e. The fourth-order valence-electron chi connectivity index (χ4n) is 7.48. The lowest BCUT2D eigenvalue weighted by Gasteiger charge is -2.64. The maximum absolute atomic E-state index is 6.89. The summed E-state index contributed by atoms with van der Waals surface area (Å²) in [6.07, 6.45) is 5.72. The van der Waals surface area contributed by atoms with E-state index >= 15 is 0 Å². The first-order valence-electron chi connectivity index (χ1n) is 9.60. The lowest BCUT2D eigenvalue weighted by atomic mass is 9.40. The van der Waals surface area contributed by atoms with Gasteiger partial charge in [-0.3, -0.25) is 0 Å². The molecular weight excluding hydrogens is 312 g/mol. The summed E-state index contributed by atoms with van der Waals surface area (Å²) in [5.74, 6) is 4.32. The first-order chi connectivity index (χ1) is 11.7. The van der Waals surface area contributed by atoms with Crippen LogP contribution in [-0.2, 0) is 5.41 Å². The summed E-state index contributed by atoms with van der Waals surface area (Å²) in [6, 6.07) is 15.8. The standard InChI is InChI=1S/C23H23Cl/c1-13-15-9-14-10-16(12-15)23(20(13)11-14)19-7-3-2-5-17(19)18-6-4-8-21(24)22(18)23/h2-8,13-16,20H,9-12H2,1H3. The Balaban J connectivity index is 1.72. The molecule has 0 radical (unpaired) electrons. The van der Waals surface area contributed by atoms with Crippen molar-refractivity contribution in [2.45, 2.75) is 38.0 Å². The zero-order valence-electron chi connectivity index (χ0n) is 14.1. The average molecular weight is 335 g/mol. The Morgan fingerprint density at radius 2 is 1.75 bits per heavy atom. The van der Waals surface area contributed by atoms with Crippen LogP contribution in [0, 0.1) is 29.6 Å². The average Bonchev–Trinajstić information content (AvgIpc) is 2.89. The maximum atomic E-state index is 6.89. The van der Waals surface area contributed by atoms with Gasteiger partial charge in [-0.05, 0) is 83.6 Å². The van der Waals surface area contributed by atoms with E-state index in [2.05, 4.69) is 49.4 Å². The van der Waals surface area contributed by atoms with Crippen molar-refractivity contribution in [3.63, 3.8) is 0 Å². The summed E-state index contributed by atoms with van der Waals surface area (Å²) in [4.78, 5) is 0. The maximum Gasteiger partial charge on any atom is 0.0453 e. The van der Waals surface area contributed by atoms with Gasteiger partial charge in [0.1, 0.15) is 0 Å². The van der Waals surface area contributed by atoms with Crippen LogP contribution in [-0.4, -0.2) is 0 Å². The van der Waals surface area contributed by atoms with Crippen LogP contribution < -0.4 is 0 Å². The molecule has 0 aliphatic heterocycles. The highest BCUT2D eigenvalue weighted by Crippen LogP contribution is 2.71. The summed E-state index contributed by atoms with van der Waals surface area (Å²) in [5, 5.41) is 1.00. The van der Waals surface area contributed by atoms with Crippen LogP contribution in [0.25, 0.3) is 11.1 Å². The SMILES string of the molecule is CC1C2CC3CC(C2)C2(c4ccccc4-c4cccc(Cl)c42)C1C3. The molecule has 0 aromatic heterocycles. The number of fused-ring (bicyclic) bond motifs is 3. The van der Waals surface area contributed by atoms with Crippen LogP contribution in [0.15, 0.2) is 42.5 Å². The van der Waals surface area contributed by atoms with Crippen molar-refractivity contribution >= 4 is 11.6 Å². The van der Waals surface area contributed by atoms with Gasteiger partial charge in [-0.15, -0.1) is 0 Å². The van der Waals surface area contributed by atoms with Crippen LogP contribution in [0.5, 0.6) is 0 Å². The van der Waals surface area contributed by atoms with E-state index in [4.69, 9.17) is 11.6 Å². The van der Waals surface area contributed by atoms with Gasteiger partial charge < -0.3 is 0 Å². The van der Waals surface area contributed by atoms with E-state index < -0.39 is 0 Å². The molecule has 6 atom stereocenters. The molecule has 1 spiro atoms. The zero-order chi connectivity index (χ0) is 16.1. The van der Waals surface area contributed by atoms with E-state index in [0.717, 1.165) is 34.6 Å². The van der Waals surface area contributed by atoms with Gasteiger partial charge >= 0.3 is 0 Å². The zero-order valence-corrected chi connectivity index (χ0v) is 14.9. The predicted molar refractivity (Wildman–Crippen MR) is 99.3 cm³/mol. The second-order valence-electron chi connectivity index (χ2n) is 8.81. The highest BCUT2D eigenvalue weighted by Gasteiger charge is 2.64. The molecule has 4 fully saturated rings. The summed E-state index contributed by atoms with van der Waals surface area (Å²) < 4.78 is 0. The van der Waals surface area contributed by atoms with Crippen molar-refractivity contribution in [1.29, 1.82) is 0 Å². The summed E-state index contributed by atoms with van der Waals surface area (Å²) in [5.41, 5.74) is 6.13. The van der Waals surface area contributed by atoms with Crippen LogP contribution >= 0.6 is 11.6 Å². The Labute approximate surface area is 149 Å². The highest BCUT2D eigenvalue weighted by molar-refractivity contribution is 6.32. The first-order valence-corrected chi connectivity index (χ1v) is 9.98. The van der Waals surface area contributed by atoms with Crippen LogP contribution in [0.1, 0.15) is 43.7 Å². The molecule has 7 rings (SSSR count). The molecule has 24 heavy (non-hydrogen) atoms. The third-order valence-electron chi connectivity index (χ3n) is 8.13. The third-order valence-corrected chi connectivity index (χ3v) is 8.44. The predicted octanol–water partition coefficient (Wildman–Crippen LogP) is 6.31. The Hall–Kier alpha value is -1.27. The van der Waals surface area contributed by atoms with Crippen molar-refractivity contribution in [2.24, 2.45) is 29.6 Å². The van der Waals surface area contributed by atoms with Crippen molar-refractivity contribution in [3.05, 3.63) is 58.6 Å². The lowest BCUT2D eigenvalue weighted by Crippen LogP contribution is -2.58. The number of rotatable bonds is 0. The molecule has 122 valence electrons. The summed E-state index contributed by atoms with van der Waals surface area (Å²) in [6.45, 7) is 2.53. The van der Waals surface area contributed by atoms with Gasteiger partial charge in [-0.1, -0.05) is 54.9 Å². The molecular formula is C23H23Cl. The van der Waals surface area contributed by atoms with Gasteiger partial charge in [0.25, 0.3) is 0 Å². The molecule has 0 saturated heterocycles. The molecule has 2 aromatic rings. The Morgan fingerprint density at radius 1 is 0.917 bits per heavy atom. The number of hydrogen-bond acceptors (Lipinski definition) is 0. The molecule has 0 amide bonds. The van der Waals surface area contributed by atoms with Gasteiger partial charge in [0, 0.05) is 10.4 Å². The van der Waals surface area contributed by atoms with E-state index in [-0.39, 0.29) is 5.41 Å². The van der Waals surface area contributed by atoms with Gasteiger partial charge in [-0.2, -0.15) is 0 Å². The quantitative estimate of drug-likeness (QED) is 0.529. The molecule has 4 saturated carbocycles. The molecule has 5 aliphatic rings. The second kappa shape index (κ2) is 4.47. The van der Waals surface area contributed by atoms with E-state index in [0.29, 0.717) is 0 Å². The molecule has 5 aliphatic carbocycles. The highest BCUT2D eigenvalue weighted by atomic mass is 35.5. The number of hydrogen-bond donors (Lipinski definition) is 0. The Morgan fingerprint density at radius 3 is 2.67 bits per heavy atom. The Bertz CT molecular complexity index is 853. The fraction of sp³-hybridized carbons (Fsp3) is 0.478. The van der Waals surface area contributed by atoms with Gasteiger partial charge in [0.05, 0.1) is 0 Å². The van der Waals surface area contributed by atoms with E-state index in [1.165, 1.54) is 42.4 Å². The number of benzene rings is 2. The summed E-state index contributed by atoms with van der Waals surface area (Å²) in [7, 11) is 0. The molecule has 0 heterocycles. The van der Waals surface area contributed by atoms with Crippen molar-refractivity contribution in [1.82, 2.24) is 0 Å². The van der Waals surface area contributed by atoms with Gasteiger partial charge in [-0.25, -0.2) is 0 Å². The minimum Gasteiger partial charge on any atom is -0.0840 e. The van der Waals surface area contributed by atoms with Gasteiger partial charge in [0.15, 0.2) is 0 Å². The van der Waals surface area contributed by atoms with Crippen LogP contribution in [0.2, 0.25) is 5.02 Å². The van der Waals surface area contributed by atoms with E-state index in [1.54, 1.807) is 5.56 Å². The molecule has 1 heteroatoms. The van der Waals surface area contributed by atoms with Gasteiger partial charge in [0.2, 0.25) is 0 Å². The van der Waals surface area contributed by atoms with Crippen molar-refractivity contribution in [2.75, 3.05) is 0 Å². The second-order valence-corrected chi connectivity index (χ2v) is 9.22. The third kappa shape index (κ3) is 1.41. The topological polar surface area (TPSA) is 0 Å². The summed E-state index contributed by atoms with van der Waals surface area (Å²) >= 11 is 6.89. The number of halogens is 1. The first kappa shape index (κ1) is 14.0. The fourth-order valence-corrected chi connectivity index (χ4v) is 7.81. The molecule has 4 bridgehead atoms. The Kier molecular flexibility index (Phi) is 2.60. The molecule has 0 nitrogen and oxygen atoms in total. The van der Waals surface area contributed by atoms with Crippen LogP contribution in [0.3, 0.4) is 0 Å². The monoisotopic (exact) mass is 334 g/mol. The van der Waals surface area contributed by atoms with E-state index in [1.807, 2.05) is 0 Å². The minimum absolute atomic E-state index is 0.192. The van der Waals surface area contributed by atoms with Crippen molar-refractivity contribution < 1.29 is 0 Å². The molecule has 2 aromatic carbocycles. The van der Waals surface area contributed by atoms with E-state index in [9.17, 15) is 0 Å². The lowest BCUT2D eigenvalue weighted by molar-refractivity contribution is -0.0816. The normalized spacial score (nSPS) is 40.8. The minimum atomic E-state index is 0.192. The molecule has 0 N–H and O–H groups in total.